The maximum Gasteiger partial charge on any atom is 0.267 e. The lowest BCUT2D eigenvalue weighted by atomic mass is 9.79. The summed E-state index contributed by atoms with van der Waals surface area (Å²) in [5.74, 6) is -0.135. The molecule has 0 aliphatic carbocycles. The molecule has 4 rings (SSSR count). The molecule has 0 unspecified atom stereocenters. The van der Waals surface area contributed by atoms with E-state index >= 15 is 0 Å². The highest BCUT2D eigenvalue weighted by Gasteiger charge is 2.47. The van der Waals surface area contributed by atoms with E-state index in [2.05, 4.69) is 10.00 Å². The number of hydrogen-bond acceptors (Lipinski definition) is 5. The molecular weight excluding hydrogens is 368 g/mol. The molecule has 0 saturated carbocycles. The van der Waals surface area contributed by atoms with Crippen LogP contribution in [0.2, 0.25) is 0 Å². The van der Waals surface area contributed by atoms with Crippen molar-refractivity contribution in [1.82, 2.24) is 19.6 Å². The molecule has 1 aromatic carbocycles. The van der Waals surface area contributed by atoms with Crippen LogP contribution in [0, 0.1) is 6.92 Å². The summed E-state index contributed by atoms with van der Waals surface area (Å²) in [4.78, 5) is 29.1. The van der Waals surface area contributed by atoms with Crippen LogP contribution in [-0.2, 0) is 16.9 Å². The van der Waals surface area contributed by atoms with Crippen LogP contribution in [0.15, 0.2) is 47.3 Å². The van der Waals surface area contributed by atoms with Crippen molar-refractivity contribution < 1.29 is 9.90 Å². The molecule has 2 fully saturated rings. The fraction of sp³-hybridized carbons (Fsp3) is 0.500. The van der Waals surface area contributed by atoms with Crippen LogP contribution in [0.3, 0.4) is 0 Å². The second-order valence-electron chi connectivity index (χ2n) is 8.11. The summed E-state index contributed by atoms with van der Waals surface area (Å²) in [5, 5.41) is 15.9. The Morgan fingerprint density at radius 2 is 1.86 bits per heavy atom. The first-order chi connectivity index (χ1) is 14.0. The predicted molar refractivity (Wildman–Crippen MR) is 109 cm³/mol. The second kappa shape index (κ2) is 8.08. The zero-order valence-corrected chi connectivity index (χ0v) is 16.8. The molecule has 154 valence electrons. The molecule has 29 heavy (non-hydrogen) atoms. The van der Waals surface area contributed by atoms with E-state index in [4.69, 9.17) is 0 Å². The lowest BCUT2D eigenvalue weighted by Crippen LogP contribution is -2.61. The number of nitrogens with zero attached hydrogens (tertiary/aromatic N) is 4. The van der Waals surface area contributed by atoms with E-state index < -0.39 is 5.60 Å². The third-order valence-corrected chi connectivity index (χ3v) is 6.20. The SMILES string of the molecule is Cc1ccc(=O)n(CC(=O)N2CC[C@](O)(c3ccccc3)[C@H](N3CCCC3)C2)n1. The summed E-state index contributed by atoms with van der Waals surface area (Å²) in [6, 6.07) is 12.7. The molecule has 1 aromatic heterocycles. The minimum absolute atomic E-state index is 0.0724. The Balaban J connectivity index is 1.56. The van der Waals surface area contributed by atoms with Gasteiger partial charge in [-0.2, -0.15) is 5.10 Å². The van der Waals surface area contributed by atoms with Crippen molar-refractivity contribution in [2.45, 2.75) is 44.4 Å². The Labute approximate surface area is 170 Å². The van der Waals surface area contributed by atoms with Crippen molar-refractivity contribution in [2.24, 2.45) is 0 Å². The van der Waals surface area contributed by atoms with Crippen molar-refractivity contribution in [2.75, 3.05) is 26.2 Å². The third-order valence-electron chi connectivity index (χ3n) is 6.20. The van der Waals surface area contributed by atoms with E-state index in [1.165, 1.54) is 10.7 Å². The average Bonchev–Trinajstić information content (AvgIpc) is 3.26. The Kier molecular flexibility index (Phi) is 5.52. The summed E-state index contributed by atoms with van der Waals surface area (Å²) < 4.78 is 1.22. The highest BCUT2D eigenvalue weighted by atomic mass is 16.3. The zero-order chi connectivity index (χ0) is 20.4. The van der Waals surface area contributed by atoms with Gasteiger partial charge in [-0.15, -0.1) is 0 Å². The summed E-state index contributed by atoms with van der Waals surface area (Å²) in [6.07, 6.45) is 2.69. The normalized spacial score (nSPS) is 25.3. The molecule has 1 amide bonds. The van der Waals surface area contributed by atoms with Crippen LogP contribution in [0.4, 0.5) is 0 Å². The second-order valence-corrected chi connectivity index (χ2v) is 8.11. The molecule has 3 heterocycles. The van der Waals surface area contributed by atoms with Gasteiger partial charge in [0.05, 0.1) is 11.7 Å². The van der Waals surface area contributed by atoms with Crippen molar-refractivity contribution >= 4 is 5.91 Å². The largest absolute Gasteiger partial charge is 0.383 e. The maximum atomic E-state index is 13.0. The lowest BCUT2D eigenvalue weighted by molar-refractivity contribution is -0.144. The van der Waals surface area contributed by atoms with Crippen molar-refractivity contribution in [3.05, 3.63) is 64.1 Å². The van der Waals surface area contributed by atoms with Crippen LogP contribution < -0.4 is 5.56 Å². The number of carbonyl (C=O) groups excluding carboxylic acids is 1. The van der Waals surface area contributed by atoms with Gasteiger partial charge >= 0.3 is 0 Å². The molecule has 0 radical (unpaired) electrons. The van der Waals surface area contributed by atoms with Gasteiger partial charge in [0.25, 0.3) is 5.56 Å². The number of rotatable bonds is 4. The van der Waals surface area contributed by atoms with E-state index in [-0.39, 0.29) is 24.1 Å². The van der Waals surface area contributed by atoms with Gasteiger partial charge in [-0.25, -0.2) is 4.68 Å². The van der Waals surface area contributed by atoms with Gasteiger partial charge in [-0.1, -0.05) is 30.3 Å². The lowest BCUT2D eigenvalue weighted by Gasteiger charge is -2.48. The summed E-state index contributed by atoms with van der Waals surface area (Å²) in [5.41, 5.74) is 0.337. The van der Waals surface area contributed by atoms with Gasteiger partial charge in [-0.05, 0) is 50.9 Å². The Bertz CT molecular complexity index is 923. The summed E-state index contributed by atoms with van der Waals surface area (Å²) in [7, 11) is 0. The molecule has 2 aliphatic heterocycles. The van der Waals surface area contributed by atoms with Gasteiger partial charge in [-0.3, -0.25) is 14.5 Å². The number of aliphatic hydroxyl groups is 1. The number of hydrogen-bond donors (Lipinski definition) is 1. The first-order valence-electron chi connectivity index (χ1n) is 10.3. The number of likely N-dealkylation sites (tertiary alicyclic amines) is 2. The Morgan fingerprint density at radius 1 is 1.14 bits per heavy atom. The topological polar surface area (TPSA) is 78.7 Å². The van der Waals surface area contributed by atoms with Crippen molar-refractivity contribution in [1.29, 1.82) is 0 Å². The molecule has 0 bridgehead atoms. The highest BCUT2D eigenvalue weighted by Crippen LogP contribution is 2.37. The smallest absolute Gasteiger partial charge is 0.267 e. The number of piperidine rings is 1. The van der Waals surface area contributed by atoms with Crippen molar-refractivity contribution in [3.63, 3.8) is 0 Å². The monoisotopic (exact) mass is 396 g/mol. The minimum Gasteiger partial charge on any atom is -0.383 e. The molecule has 2 aliphatic rings. The van der Waals surface area contributed by atoms with Crippen molar-refractivity contribution in [3.8, 4) is 0 Å². The first kappa shape index (κ1) is 19.8. The van der Waals surface area contributed by atoms with E-state index in [1.807, 2.05) is 30.3 Å². The van der Waals surface area contributed by atoms with Gasteiger partial charge in [0.15, 0.2) is 0 Å². The zero-order valence-electron chi connectivity index (χ0n) is 16.8. The fourth-order valence-corrected chi connectivity index (χ4v) is 4.58. The maximum absolute atomic E-state index is 13.0. The number of aryl methyl sites for hydroxylation is 1. The van der Waals surface area contributed by atoms with E-state index in [9.17, 15) is 14.7 Å². The predicted octanol–water partition coefficient (Wildman–Crippen LogP) is 1.14. The number of amides is 1. The van der Waals surface area contributed by atoms with Gasteiger partial charge in [0, 0.05) is 19.2 Å². The fourth-order valence-electron chi connectivity index (χ4n) is 4.58. The Morgan fingerprint density at radius 3 is 2.59 bits per heavy atom. The number of benzene rings is 1. The van der Waals surface area contributed by atoms with Crippen LogP contribution in [0.5, 0.6) is 0 Å². The molecule has 7 nitrogen and oxygen atoms in total. The van der Waals surface area contributed by atoms with Gasteiger partial charge in [0.2, 0.25) is 5.91 Å². The number of carbonyl (C=O) groups is 1. The van der Waals surface area contributed by atoms with Gasteiger partial charge in [0.1, 0.15) is 12.1 Å². The molecule has 2 saturated heterocycles. The van der Waals surface area contributed by atoms with E-state index in [0.29, 0.717) is 25.2 Å². The quantitative estimate of drug-likeness (QED) is 0.838. The molecular formula is C22H28N4O3. The molecule has 0 spiro atoms. The first-order valence-corrected chi connectivity index (χ1v) is 10.3. The van der Waals surface area contributed by atoms with Gasteiger partial charge < -0.3 is 10.0 Å². The average molecular weight is 396 g/mol. The summed E-state index contributed by atoms with van der Waals surface area (Å²) >= 11 is 0. The molecule has 2 aromatic rings. The van der Waals surface area contributed by atoms with Crippen LogP contribution >= 0.6 is 0 Å². The minimum atomic E-state index is -0.985. The van der Waals surface area contributed by atoms with Crippen LogP contribution in [0.25, 0.3) is 0 Å². The molecule has 7 heteroatoms. The van der Waals surface area contributed by atoms with E-state index in [1.54, 1.807) is 17.9 Å². The number of aromatic nitrogens is 2. The molecule has 1 N–H and O–H groups in total. The van der Waals surface area contributed by atoms with E-state index in [0.717, 1.165) is 31.5 Å². The highest BCUT2D eigenvalue weighted by molar-refractivity contribution is 5.76. The Hall–Kier alpha value is -2.51. The van der Waals surface area contributed by atoms with Crippen LogP contribution in [0.1, 0.15) is 30.5 Å². The summed E-state index contributed by atoms with van der Waals surface area (Å²) in [6.45, 7) is 4.49. The van der Waals surface area contributed by atoms with Crippen LogP contribution in [-0.4, -0.2) is 62.8 Å². The molecule has 2 atom stereocenters. The third kappa shape index (κ3) is 3.97. The standard InChI is InChI=1S/C22H28N4O3/c1-17-9-10-20(27)26(23-17)16-21(28)25-14-11-22(29,18-7-3-2-4-8-18)19(15-25)24-12-5-6-13-24/h2-4,7-10,19,29H,5-6,11-16H2,1H3/t19-,22+/m1/s1.